The number of amides is 4. The first-order valence-electron chi connectivity index (χ1n) is 9.66. The second kappa shape index (κ2) is 6.33. The van der Waals surface area contributed by atoms with Gasteiger partial charge in [-0.1, -0.05) is 20.8 Å². The van der Waals surface area contributed by atoms with Crippen molar-refractivity contribution in [1.82, 2.24) is 15.1 Å². The van der Waals surface area contributed by atoms with Crippen molar-refractivity contribution < 1.29 is 14.4 Å². The van der Waals surface area contributed by atoms with Crippen LogP contribution in [0.1, 0.15) is 50.5 Å². The third-order valence-corrected chi connectivity index (χ3v) is 7.10. The van der Waals surface area contributed by atoms with Gasteiger partial charge in [-0.2, -0.15) is 0 Å². The van der Waals surface area contributed by atoms with Gasteiger partial charge in [0.2, 0.25) is 5.91 Å². The van der Waals surface area contributed by atoms with E-state index in [-0.39, 0.29) is 23.8 Å². The van der Waals surface area contributed by atoms with Crippen molar-refractivity contribution >= 4 is 29.2 Å². The monoisotopic (exact) mass is 389 g/mol. The molecule has 1 aromatic rings. The summed E-state index contributed by atoms with van der Waals surface area (Å²) in [6.07, 6.45) is 3.15. The van der Waals surface area contributed by atoms with Crippen LogP contribution in [0.2, 0.25) is 0 Å². The maximum Gasteiger partial charge on any atom is 0.325 e. The lowest BCUT2D eigenvalue weighted by molar-refractivity contribution is -0.141. The Morgan fingerprint density at radius 1 is 1.33 bits per heavy atom. The molecule has 6 nitrogen and oxygen atoms in total. The Bertz CT molecular complexity index is 802. The van der Waals surface area contributed by atoms with Crippen molar-refractivity contribution in [2.75, 3.05) is 13.1 Å². The molecule has 3 heterocycles. The molecule has 1 saturated heterocycles. The summed E-state index contributed by atoms with van der Waals surface area (Å²) in [4.78, 5) is 42.8. The topological polar surface area (TPSA) is 69.7 Å². The molecule has 7 heteroatoms. The summed E-state index contributed by atoms with van der Waals surface area (Å²) in [5.41, 5.74) is 0.320. The quantitative estimate of drug-likeness (QED) is 0.791. The minimum absolute atomic E-state index is 0.0111. The smallest absolute Gasteiger partial charge is 0.325 e. The number of imide groups is 1. The van der Waals surface area contributed by atoms with E-state index in [1.807, 2.05) is 11.4 Å². The zero-order chi connectivity index (χ0) is 19.4. The highest BCUT2D eigenvalue weighted by atomic mass is 32.1. The molecule has 1 aromatic heterocycles. The lowest BCUT2D eigenvalue weighted by Gasteiger charge is -2.43. The number of carbonyl (C=O) groups is 3. The normalized spacial score (nSPS) is 29.8. The first kappa shape index (κ1) is 18.5. The molecular weight excluding hydrogens is 362 g/mol. The zero-order valence-electron chi connectivity index (χ0n) is 16.2. The van der Waals surface area contributed by atoms with E-state index in [9.17, 15) is 14.4 Å². The van der Waals surface area contributed by atoms with Gasteiger partial charge in [0.25, 0.3) is 5.91 Å². The van der Waals surface area contributed by atoms with Crippen molar-refractivity contribution in [2.45, 2.75) is 58.5 Å². The number of hydrogen-bond acceptors (Lipinski definition) is 4. The lowest BCUT2D eigenvalue weighted by atomic mass is 9.64. The highest BCUT2D eigenvalue weighted by molar-refractivity contribution is 7.10. The minimum atomic E-state index is -0.846. The largest absolute Gasteiger partial charge is 0.336 e. The summed E-state index contributed by atoms with van der Waals surface area (Å²) in [5, 5.41) is 4.99. The van der Waals surface area contributed by atoms with E-state index in [4.69, 9.17) is 0 Å². The molecule has 146 valence electrons. The van der Waals surface area contributed by atoms with E-state index >= 15 is 0 Å². The van der Waals surface area contributed by atoms with Crippen LogP contribution in [0.4, 0.5) is 4.79 Å². The number of rotatable bonds is 2. The Morgan fingerprint density at radius 2 is 2.11 bits per heavy atom. The molecule has 1 aliphatic carbocycles. The maximum absolute atomic E-state index is 13.2. The first-order valence-corrected chi connectivity index (χ1v) is 10.5. The van der Waals surface area contributed by atoms with E-state index < -0.39 is 11.6 Å². The van der Waals surface area contributed by atoms with Gasteiger partial charge in [-0.3, -0.25) is 14.5 Å². The van der Waals surface area contributed by atoms with Crippen molar-refractivity contribution in [3.63, 3.8) is 0 Å². The van der Waals surface area contributed by atoms with Gasteiger partial charge in [0, 0.05) is 18.0 Å². The molecule has 2 atom stereocenters. The van der Waals surface area contributed by atoms with Gasteiger partial charge in [0.15, 0.2) is 0 Å². The molecular formula is C20H27N3O3S. The fraction of sp³-hybridized carbons (Fsp3) is 0.650. The van der Waals surface area contributed by atoms with Gasteiger partial charge in [-0.05, 0) is 54.0 Å². The van der Waals surface area contributed by atoms with Crippen LogP contribution in [0.25, 0.3) is 0 Å². The van der Waals surface area contributed by atoms with Crippen LogP contribution >= 0.6 is 11.3 Å². The third-order valence-electron chi connectivity index (χ3n) is 6.08. The second-order valence-electron chi connectivity index (χ2n) is 9.19. The van der Waals surface area contributed by atoms with E-state index in [0.717, 1.165) is 17.7 Å². The Kier molecular flexibility index (Phi) is 4.33. The van der Waals surface area contributed by atoms with Crippen molar-refractivity contribution in [3.8, 4) is 0 Å². The third kappa shape index (κ3) is 3.26. The Balaban J connectivity index is 1.48. The summed E-state index contributed by atoms with van der Waals surface area (Å²) in [5.74, 6) is -0.0306. The molecule has 27 heavy (non-hydrogen) atoms. The van der Waals surface area contributed by atoms with Crippen LogP contribution in [0.3, 0.4) is 0 Å². The van der Waals surface area contributed by atoms with Crippen molar-refractivity contribution in [3.05, 3.63) is 21.9 Å². The summed E-state index contributed by atoms with van der Waals surface area (Å²) >= 11 is 1.72. The van der Waals surface area contributed by atoms with Gasteiger partial charge in [0.05, 0.1) is 0 Å². The number of thiophene rings is 1. The molecule has 4 amide bonds. The van der Waals surface area contributed by atoms with Gasteiger partial charge < -0.3 is 10.2 Å². The average Bonchev–Trinajstić information content (AvgIpc) is 3.11. The van der Waals surface area contributed by atoms with Crippen LogP contribution in [-0.2, 0) is 22.6 Å². The molecule has 0 unspecified atom stereocenters. The van der Waals surface area contributed by atoms with Crippen LogP contribution in [0, 0.1) is 11.3 Å². The number of carbonyl (C=O) groups excluding carboxylic acids is 3. The average molecular weight is 390 g/mol. The maximum atomic E-state index is 13.2. The second-order valence-corrected chi connectivity index (χ2v) is 10.2. The summed E-state index contributed by atoms with van der Waals surface area (Å²) in [6, 6.07) is 1.62. The van der Waals surface area contributed by atoms with Crippen LogP contribution in [0.5, 0.6) is 0 Å². The lowest BCUT2D eigenvalue weighted by Crippen LogP contribution is -2.54. The van der Waals surface area contributed by atoms with Crippen LogP contribution in [-0.4, -0.2) is 46.3 Å². The SMILES string of the molecule is C[C@@H]1CC(C)(C)C[C@]2(C1)NC(=O)N(CC(=O)N1CCc3sccc3C1)C2=O. The van der Waals surface area contributed by atoms with Crippen molar-refractivity contribution in [1.29, 1.82) is 0 Å². The number of hydrogen-bond donors (Lipinski definition) is 1. The van der Waals surface area contributed by atoms with Crippen molar-refractivity contribution in [2.24, 2.45) is 11.3 Å². The highest BCUT2D eigenvalue weighted by Crippen LogP contribution is 2.46. The molecule has 4 rings (SSSR count). The Morgan fingerprint density at radius 3 is 2.85 bits per heavy atom. The Hall–Kier alpha value is -1.89. The Labute approximate surface area is 163 Å². The predicted molar refractivity (Wildman–Crippen MR) is 103 cm³/mol. The van der Waals surface area contributed by atoms with E-state index in [1.54, 1.807) is 16.2 Å². The van der Waals surface area contributed by atoms with E-state index in [0.29, 0.717) is 31.8 Å². The van der Waals surface area contributed by atoms with E-state index in [1.165, 1.54) is 10.4 Å². The molecule has 2 aliphatic heterocycles. The molecule has 0 aromatic carbocycles. The minimum Gasteiger partial charge on any atom is -0.336 e. The van der Waals surface area contributed by atoms with E-state index in [2.05, 4.69) is 26.1 Å². The molecule has 1 saturated carbocycles. The number of urea groups is 1. The standard InChI is InChI=1S/C20H27N3O3S/c1-13-8-19(2,3)12-20(9-13)17(25)23(18(26)21-20)11-16(24)22-6-4-15-14(10-22)5-7-27-15/h5,7,13H,4,6,8-12H2,1-3H3,(H,21,26)/t13-,20+/m1/s1. The first-order chi connectivity index (χ1) is 12.7. The molecule has 1 spiro atoms. The van der Waals surface area contributed by atoms with Gasteiger partial charge in [-0.25, -0.2) is 4.79 Å². The molecule has 0 radical (unpaired) electrons. The van der Waals surface area contributed by atoms with Gasteiger partial charge in [-0.15, -0.1) is 11.3 Å². The summed E-state index contributed by atoms with van der Waals surface area (Å²) in [7, 11) is 0. The predicted octanol–water partition coefficient (Wildman–Crippen LogP) is 2.77. The molecule has 3 aliphatic rings. The number of nitrogens with zero attached hydrogens (tertiary/aromatic N) is 2. The number of fused-ring (bicyclic) bond motifs is 1. The van der Waals surface area contributed by atoms with Crippen LogP contribution < -0.4 is 5.32 Å². The molecule has 0 bridgehead atoms. The molecule has 2 fully saturated rings. The fourth-order valence-electron chi connectivity index (χ4n) is 5.35. The fourth-order valence-corrected chi connectivity index (χ4v) is 6.24. The van der Waals surface area contributed by atoms with Gasteiger partial charge >= 0.3 is 6.03 Å². The highest BCUT2D eigenvalue weighted by Gasteiger charge is 2.56. The summed E-state index contributed by atoms with van der Waals surface area (Å²) in [6.45, 7) is 7.46. The van der Waals surface area contributed by atoms with Crippen LogP contribution in [0.15, 0.2) is 11.4 Å². The molecule has 1 N–H and O–H groups in total. The van der Waals surface area contributed by atoms with Gasteiger partial charge in [0.1, 0.15) is 12.1 Å². The summed E-state index contributed by atoms with van der Waals surface area (Å²) < 4.78 is 0. The number of nitrogens with one attached hydrogen (secondary N) is 1. The zero-order valence-corrected chi connectivity index (χ0v) is 17.0.